The van der Waals surface area contributed by atoms with Crippen LogP contribution in [0.4, 0.5) is 5.69 Å². The first-order valence-electron chi connectivity index (χ1n) is 7.96. The maximum absolute atomic E-state index is 12.7. The number of amides is 1. The average Bonchev–Trinajstić information content (AvgIpc) is 3.11. The van der Waals surface area contributed by atoms with Crippen LogP contribution in [0.3, 0.4) is 0 Å². The van der Waals surface area contributed by atoms with E-state index in [0.717, 1.165) is 18.7 Å². The van der Waals surface area contributed by atoms with E-state index < -0.39 is 0 Å². The fraction of sp³-hybridized carbons (Fsp3) is 0.333. The van der Waals surface area contributed by atoms with Crippen molar-refractivity contribution in [1.82, 2.24) is 9.88 Å². The molecule has 1 aromatic heterocycles. The number of carbonyl (C=O) groups is 1. The second kappa shape index (κ2) is 7.41. The van der Waals surface area contributed by atoms with Crippen molar-refractivity contribution in [1.29, 1.82) is 0 Å². The Morgan fingerprint density at radius 1 is 1.17 bits per heavy atom. The number of halogens is 2. The van der Waals surface area contributed by atoms with Crippen LogP contribution in [0.25, 0.3) is 0 Å². The van der Waals surface area contributed by atoms with Gasteiger partial charge in [0, 0.05) is 32.4 Å². The van der Waals surface area contributed by atoms with E-state index in [0.29, 0.717) is 11.6 Å². The Labute approximate surface area is 152 Å². The summed E-state index contributed by atoms with van der Waals surface area (Å²) in [4.78, 5) is 20.7. The van der Waals surface area contributed by atoms with Crippen LogP contribution in [0.5, 0.6) is 0 Å². The molecule has 0 N–H and O–H groups in total. The van der Waals surface area contributed by atoms with Crippen LogP contribution in [-0.2, 0) is 6.54 Å². The highest BCUT2D eigenvalue weighted by atomic mass is 35.5. The third-order valence-electron chi connectivity index (χ3n) is 4.21. The number of carbonyl (C=O) groups excluding carboxylic acids is 1. The summed E-state index contributed by atoms with van der Waals surface area (Å²) < 4.78 is 0. The number of hydrogen-bond acceptors (Lipinski definition) is 3. The van der Waals surface area contributed by atoms with Crippen LogP contribution in [-0.4, -0.2) is 35.9 Å². The maximum Gasteiger partial charge on any atom is 0.274 e. The largest absolute Gasteiger partial charge is 0.371 e. The molecule has 0 spiro atoms. The lowest BCUT2D eigenvalue weighted by Gasteiger charge is -2.24. The van der Waals surface area contributed by atoms with Crippen LogP contribution in [0.15, 0.2) is 36.4 Å². The Balaban J connectivity index is 1.81. The minimum Gasteiger partial charge on any atom is -0.371 e. The molecule has 6 heteroatoms. The smallest absolute Gasteiger partial charge is 0.274 e. The fourth-order valence-electron chi connectivity index (χ4n) is 2.99. The zero-order valence-electron chi connectivity index (χ0n) is 13.5. The first kappa shape index (κ1) is 17.1. The molecule has 0 unspecified atom stereocenters. The highest BCUT2D eigenvalue weighted by molar-refractivity contribution is 6.34. The van der Waals surface area contributed by atoms with Gasteiger partial charge in [-0.2, -0.15) is 0 Å². The van der Waals surface area contributed by atoms with Gasteiger partial charge in [-0.1, -0.05) is 41.4 Å². The quantitative estimate of drug-likeness (QED) is 0.761. The van der Waals surface area contributed by atoms with E-state index in [1.807, 2.05) is 12.1 Å². The second-order valence-corrected chi connectivity index (χ2v) is 6.74. The van der Waals surface area contributed by atoms with Crippen molar-refractivity contribution in [2.75, 3.05) is 25.0 Å². The Morgan fingerprint density at radius 3 is 2.62 bits per heavy atom. The third kappa shape index (κ3) is 3.65. The number of benzene rings is 1. The molecule has 0 bridgehead atoms. The van der Waals surface area contributed by atoms with Gasteiger partial charge in [-0.25, -0.2) is 4.98 Å². The Bertz CT molecular complexity index is 745. The molecule has 1 aromatic carbocycles. The summed E-state index contributed by atoms with van der Waals surface area (Å²) in [5.74, 6) is -0.237. The van der Waals surface area contributed by atoms with Gasteiger partial charge < -0.3 is 9.80 Å². The standard InChI is InChI=1S/C18H19Cl2N3O/c1-22(18(24)17-14(19)8-9-16(20)21-17)12-13-6-2-3-7-15(13)23-10-4-5-11-23/h2-3,6-9H,4-5,10-12H2,1H3. The Kier molecular flexibility index (Phi) is 5.27. The number of aromatic nitrogens is 1. The van der Waals surface area contributed by atoms with E-state index in [-0.39, 0.29) is 16.8 Å². The number of hydrogen-bond donors (Lipinski definition) is 0. The summed E-state index contributed by atoms with van der Waals surface area (Å²) in [5.41, 5.74) is 2.50. The molecule has 126 valence electrons. The number of rotatable bonds is 4. The summed E-state index contributed by atoms with van der Waals surface area (Å²) in [6, 6.07) is 11.4. The van der Waals surface area contributed by atoms with Gasteiger partial charge in [0.25, 0.3) is 5.91 Å². The zero-order chi connectivity index (χ0) is 17.1. The third-order valence-corrected chi connectivity index (χ3v) is 4.72. The van der Waals surface area contributed by atoms with Crippen LogP contribution in [0.1, 0.15) is 28.9 Å². The molecule has 1 amide bonds. The second-order valence-electron chi connectivity index (χ2n) is 5.95. The molecule has 3 rings (SSSR count). The molecule has 0 aliphatic carbocycles. The lowest BCUT2D eigenvalue weighted by molar-refractivity contribution is 0.0779. The molecule has 2 aromatic rings. The van der Waals surface area contributed by atoms with Gasteiger partial charge in [-0.15, -0.1) is 0 Å². The predicted molar refractivity (Wildman–Crippen MR) is 97.9 cm³/mol. The molecule has 0 saturated carbocycles. The first-order valence-corrected chi connectivity index (χ1v) is 8.72. The van der Waals surface area contributed by atoms with Crippen LogP contribution in [0.2, 0.25) is 10.2 Å². The molecule has 4 nitrogen and oxygen atoms in total. The zero-order valence-corrected chi connectivity index (χ0v) is 15.0. The van der Waals surface area contributed by atoms with E-state index in [2.05, 4.69) is 22.0 Å². The number of para-hydroxylation sites is 1. The van der Waals surface area contributed by atoms with Crippen molar-refractivity contribution >= 4 is 34.8 Å². The molecule has 1 fully saturated rings. The lowest BCUT2D eigenvalue weighted by Crippen LogP contribution is -2.29. The van der Waals surface area contributed by atoms with E-state index in [1.54, 1.807) is 24.1 Å². The van der Waals surface area contributed by atoms with Crippen LogP contribution in [0, 0.1) is 0 Å². The molecular weight excluding hydrogens is 345 g/mol. The summed E-state index contributed by atoms with van der Waals surface area (Å²) in [7, 11) is 1.75. The monoisotopic (exact) mass is 363 g/mol. The first-order chi connectivity index (χ1) is 11.6. The SMILES string of the molecule is CN(Cc1ccccc1N1CCCC1)C(=O)c1nc(Cl)ccc1Cl. The van der Waals surface area contributed by atoms with Crippen molar-refractivity contribution < 1.29 is 4.79 Å². The maximum atomic E-state index is 12.7. The lowest BCUT2D eigenvalue weighted by atomic mass is 10.1. The Hall–Kier alpha value is -1.78. The highest BCUT2D eigenvalue weighted by Gasteiger charge is 2.20. The number of pyridine rings is 1. The van der Waals surface area contributed by atoms with Gasteiger partial charge in [-0.3, -0.25) is 4.79 Å². The highest BCUT2D eigenvalue weighted by Crippen LogP contribution is 2.26. The molecule has 24 heavy (non-hydrogen) atoms. The van der Waals surface area contributed by atoms with Crippen LogP contribution >= 0.6 is 23.2 Å². The predicted octanol–water partition coefficient (Wildman–Crippen LogP) is 4.26. The minimum absolute atomic E-state index is 0.185. The van der Waals surface area contributed by atoms with Crippen molar-refractivity contribution in [2.24, 2.45) is 0 Å². The average molecular weight is 364 g/mol. The van der Waals surface area contributed by atoms with Crippen molar-refractivity contribution in [3.05, 3.63) is 57.8 Å². The van der Waals surface area contributed by atoms with Gasteiger partial charge in [0.1, 0.15) is 10.8 Å². The molecular formula is C18H19Cl2N3O. The van der Waals surface area contributed by atoms with E-state index in [1.165, 1.54) is 18.5 Å². The normalized spacial score (nSPS) is 14.0. The Morgan fingerprint density at radius 2 is 1.88 bits per heavy atom. The summed E-state index contributed by atoms with van der Waals surface area (Å²) >= 11 is 12.0. The number of anilines is 1. The van der Waals surface area contributed by atoms with Crippen molar-refractivity contribution in [2.45, 2.75) is 19.4 Å². The van der Waals surface area contributed by atoms with Gasteiger partial charge >= 0.3 is 0 Å². The van der Waals surface area contributed by atoms with Gasteiger partial charge in [0.05, 0.1) is 5.02 Å². The van der Waals surface area contributed by atoms with Gasteiger partial charge in [-0.05, 0) is 36.6 Å². The minimum atomic E-state index is -0.237. The van der Waals surface area contributed by atoms with Gasteiger partial charge in [0.15, 0.2) is 0 Å². The molecule has 1 aliphatic heterocycles. The summed E-state index contributed by atoms with van der Waals surface area (Å²) in [6.07, 6.45) is 2.43. The van der Waals surface area contributed by atoms with E-state index in [4.69, 9.17) is 23.2 Å². The molecule has 0 radical (unpaired) electrons. The summed E-state index contributed by atoms with van der Waals surface area (Å²) in [5, 5.41) is 0.567. The van der Waals surface area contributed by atoms with Crippen LogP contribution < -0.4 is 4.90 Å². The topological polar surface area (TPSA) is 36.4 Å². The van der Waals surface area contributed by atoms with E-state index >= 15 is 0 Å². The number of nitrogens with zero attached hydrogens (tertiary/aromatic N) is 3. The molecule has 1 aliphatic rings. The molecule has 0 atom stereocenters. The van der Waals surface area contributed by atoms with E-state index in [9.17, 15) is 4.79 Å². The van der Waals surface area contributed by atoms with Crippen molar-refractivity contribution in [3.8, 4) is 0 Å². The van der Waals surface area contributed by atoms with Gasteiger partial charge in [0.2, 0.25) is 0 Å². The van der Waals surface area contributed by atoms with Crippen molar-refractivity contribution in [3.63, 3.8) is 0 Å². The fourth-order valence-corrected chi connectivity index (χ4v) is 3.32. The molecule has 1 saturated heterocycles. The summed E-state index contributed by atoms with van der Waals surface area (Å²) in [6.45, 7) is 2.63. The molecule has 2 heterocycles.